The van der Waals surface area contributed by atoms with Crippen molar-refractivity contribution in [2.75, 3.05) is 20.2 Å². The van der Waals surface area contributed by atoms with Gasteiger partial charge in [0.05, 0.1) is 17.6 Å². The monoisotopic (exact) mass is 312 g/mol. The summed E-state index contributed by atoms with van der Waals surface area (Å²) in [7, 11) is -2.19. The van der Waals surface area contributed by atoms with Crippen molar-refractivity contribution in [1.82, 2.24) is 4.31 Å². The number of hydrogen-bond donors (Lipinski definition) is 1. The number of sulfonamides is 1. The van der Waals surface area contributed by atoms with E-state index < -0.39 is 15.9 Å². The number of methoxy groups -OCH3 is 1. The fourth-order valence-electron chi connectivity index (χ4n) is 2.47. The van der Waals surface area contributed by atoms with Crippen LogP contribution in [0.15, 0.2) is 23.1 Å². The third-order valence-corrected chi connectivity index (χ3v) is 5.53. The minimum absolute atomic E-state index is 0.0772. The van der Waals surface area contributed by atoms with E-state index in [1.165, 1.54) is 29.6 Å². The average Bonchev–Trinajstić information content (AvgIpc) is 2.76. The molecule has 0 atom stereocenters. The van der Waals surface area contributed by atoms with Crippen LogP contribution in [0.5, 0.6) is 5.75 Å². The van der Waals surface area contributed by atoms with Crippen LogP contribution in [0.3, 0.4) is 0 Å². The molecule has 0 aliphatic carbocycles. The van der Waals surface area contributed by atoms with Crippen molar-refractivity contribution in [3.05, 3.63) is 23.8 Å². The van der Waals surface area contributed by atoms with E-state index in [1.807, 2.05) is 0 Å². The largest absolute Gasteiger partial charge is 0.496 e. The molecule has 2 rings (SSSR count). The number of amides is 1. The van der Waals surface area contributed by atoms with Crippen LogP contribution in [0.25, 0.3) is 0 Å². The number of ether oxygens (including phenoxy) is 1. The summed E-state index contributed by atoms with van der Waals surface area (Å²) in [6, 6.07) is 4.21. The summed E-state index contributed by atoms with van der Waals surface area (Å²) in [4.78, 5) is 11.5. The lowest BCUT2D eigenvalue weighted by molar-refractivity contribution is 0.0997. The van der Waals surface area contributed by atoms with E-state index in [0.717, 1.165) is 25.7 Å². The van der Waals surface area contributed by atoms with Crippen molar-refractivity contribution in [3.63, 3.8) is 0 Å². The van der Waals surface area contributed by atoms with Gasteiger partial charge in [0.25, 0.3) is 5.91 Å². The first-order valence-corrected chi connectivity index (χ1v) is 8.39. The number of nitrogens with two attached hydrogens (primary N) is 1. The molecule has 2 N–H and O–H groups in total. The average molecular weight is 312 g/mol. The lowest BCUT2D eigenvalue weighted by Gasteiger charge is -2.20. The molecule has 0 saturated carbocycles. The fourth-order valence-corrected chi connectivity index (χ4v) is 4.02. The van der Waals surface area contributed by atoms with Crippen LogP contribution in [-0.4, -0.2) is 38.8 Å². The first kappa shape index (κ1) is 15.8. The van der Waals surface area contributed by atoms with Crippen LogP contribution in [0.2, 0.25) is 0 Å². The molecule has 1 fully saturated rings. The van der Waals surface area contributed by atoms with Crippen molar-refractivity contribution in [1.29, 1.82) is 0 Å². The van der Waals surface area contributed by atoms with Crippen molar-refractivity contribution < 1.29 is 17.9 Å². The molecule has 0 spiro atoms. The standard InChI is InChI=1S/C14H20N2O4S/c1-20-13-7-6-11(10-12(13)14(15)17)21(18,19)16-8-4-2-3-5-9-16/h6-7,10H,2-5,8-9H2,1H3,(H2,15,17). The SMILES string of the molecule is COc1ccc(S(=O)(=O)N2CCCCCC2)cc1C(N)=O. The fraction of sp³-hybridized carbons (Fsp3) is 0.500. The van der Waals surface area contributed by atoms with Gasteiger partial charge in [-0.15, -0.1) is 0 Å². The van der Waals surface area contributed by atoms with E-state index in [2.05, 4.69) is 0 Å². The number of benzene rings is 1. The molecule has 0 unspecified atom stereocenters. The van der Waals surface area contributed by atoms with Gasteiger partial charge in [0.1, 0.15) is 5.75 Å². The Balaban J connectivity index is 2.39. The molecule has 1 amide bonds. The molecule has 1 saturated heterocycles. The lowest BCUT2D eigenvalue weighted by atomic mass is 10.2. The highest BCUT2D eigenvalue weighted by molar-refractivity contribution is 7.89. The van der Waals surface area contributed by atoms with E-state index in [-0.39, 0.29) is 16.2 Å². The Hall–Kier alpha value is -1.60. The van der Waals surface area contributed by atoms with Gasteiger partial charge in [-0.1, -0.05) is 12.8 Å². The summed E-state index contributed by atoms with van der Waals surface area (Å²) < 4.78 is 31.8. The zero-order valence-corrected chi connectivity index (χ0v) is 12.9. The lowest BCUT2D eigenvalue weighted by Crippen LogP contribution is -2.32. The summed E-state index contributed by atoms with van der Waals surface area (Å²) in [5.74, 6) is -0.433. The van der Waals surface area contributed by atoms with E-state index in [0.29, 0.717) is 13.1 Å². The van der Waals surface area contributed by atoms with Gasteiger partial charge in [0.2, 0.25) is 10.0 Å². The number of primary amides is 1. The zero-order valence-electron chi connectivity index (χ0n) is 12.0. The summed E-state index contributed by atoms with van der Waals surface area (Å²) in [6.07, 6.45) is 3.80. The van der Waals surface area contributed by atoms with Crippen LogP contribution in [0.4, 0.5) is 0 Å². The number of rotatable bonds is 4. The maximum Gasteiger partial charge on any atom is 0.252 e. The third kappa shape index (κ3) is 3.36. The van der Waals surface area contributed by atoms with Crippen molar-refractivity contribution in [3.8, 4) is 5.75 Å². The first-order chi connectivity index (χ1) is 9.96. The molecule has 1 aromatic carbocycles. The Morgan fingerprint density at radius 1 is 1.19 bits per heavy atom. The van der Waals surface area contributed by atoms with E-state index in [1.54, 1.807) is 0 Å². The summed E-state index contributed by atoms with van der Waals surface area (Å²) in [5.41, 5.74) is 5.36. The summed E-state index contributed by atoms with van der Waals surface area (Å²) in [6.45, 7) is 1.03. The second kappa shape index (κ2) is 6.44. The van der Waals surface area contributed by atoms with E-state index in [9.17, 15) is 13.2 Å². The molecule has 7 heteroatoms. The van der Waals surface area contributed by atoms with Gasteiger partial charge in [-0.25, -0.2) is 8.42 Å². The molecular formula is C14H20N2O4S. The highest BCUT2D eigenvalue weighted by Gasteiger charge is 2.26. The minimum atomic E-state index is -3.60. The summed E-state index contributed by atoms with van der Waals surface area (Å²) >= 11 is 0. The van der Waals surface area contributed by atoms with Crippen molar-refractivity contribution in [2.24, 2.45) is 5.73 Å². The van der Waals surface area contributed by atoms with E-state index >= 15 is 0 Å². The first-order valence-electron chi connectivity index (χ1n) is 6.95. The van der Waals surface area contributed by atoms with Crippen molar-refractivity contribution >= 4 is 15.9 Å². The maximum absolute atomic E-state index is 12.6. The predicted octanol–water partition coefficient (Wildman–Crippen LogP) is 1.36. The quantitative estimate of drug-likeness (QED) is 0.909. The third-order valence-electron chi connectivity index (χ3n) is 3.64. The van der Waals surface area contributed by atoms with Gasteiger partial charge in [-0.2, -0.15) is 4.31 Å². The van der Waals surface area contributed by atoms with Crippen LogP contribution >= 0.6 is 0 Å². The predicted molar refractivity (Wildman–Crippen MR) is 78.7 cm³/mol. The second-order valence-electron chi connectivity index (χ2n) is 5.04. The molecule has 1 aliphatic heterocycles. The van der Waals surface area contributed by atoms with Gasteiger partial charge in [0, 0.05) is 13.1 Å². The van der Waals surface area contributed by atoms with Crippen LogP contribution < -0.4 is 10.5 Å². The zero-order chi connectivity index (χ0) is 15.5. The Morgan fingerprint density at radius 2 is 1.81 bits per heavy atom. The number of nitrogens with zero attached hydrogens (tertiary/aromatic N) is 1. The Kier molecular flexibility index (Phi) is 4.84. The van der Waals surface area contributed by atoms with Crippen LogP contribution in [0, 0.1) is 0 Å². The molecule has 1 heterocycles. The minimum Gasteiger partial charge on any atom is -0.496 e. The molecule has 1 aromatic rings. The van der Waals surface area contributed by atoms with Crippen LogP contribution in [-0.2, 0) is 10.0 Å². The van der Waals surface area contributed by atoms with Crippen LogP contribution in [0.1, 0.15) is 36.0 Å². The highest BCUT2D eigenvalue weighted by atomic mass is 32.2. The van der Waals surface area contributed by atoms with Gasteiger partial charge in [0.15, 0.2) is 0 Å². The molecule has 6 nitrogen and oxygen atoms in total. The number of hydrogen-bond acceptors (Lipinski definition) is 4. The molecular weight excluding hydrogens is 292 g/mol. The molecule has 0 radical (unpaired) electrons. The van der Waals surface area contributed by atoms with Crippen molar-refractivity contribution in [2.45, 2.75) is 30.6 Å². The number of carbonyl (C=O) groups excluding carboxylic acids is 1. The summed E-state index contributed by atoms with van der Waals surface area (Å²) in [5, 5.41) is 0. The van der Waals surface area contributed by atoms with Gasteiger partial charge in [-0.05, 0) is 31.0 Å². The normalized spacial score (nSPS) is 17.2. The topological polar surface area (TPSA) is 89.7 Å². The highest BCUT2D eigenvalue weighted by Crippen LogP contribution is 2.25. The Morgan fingerprint density at radius 3 is 2.33 bits per heavy atom. The smallest absolute Gasteiger partial charge is 0.252 e. The van der Waals surface area contributed by atoms with Gasteiger partial charge in [-0.3, -0.25) is 4.79 Å². The molecule has 116 valence electrons. The number of carbonyl (C=O) groups is 1. The molecule has 0 aromatic heterocycles. The Bertz CT molecular complexity index is 620. The van der Waals surface area contributed by atoms with Gasteiger partial charge >= 0.3 is 0 Å². The molecule has 0 bridgehead atoms. The molecule has 21 heavy (non-hydrogen) atoms. The second-order valence-corrected chi connectivity index (χ2v) is 6.98. The van der Waals surface area contributed by atoms with E-state index in [4.69, 9.17) is 10.5 Å². The van der Waals surface area contributed by atoms with Gasteiger partial charge < -0.3 is 10.5 Å². The maximum atomic E-state index is 12.6. The Labute approximate surface area is 124 Å². The molecule has 1 aliphatic rings.